The normalized spacial score (nSPS) is 19.8. The summed E-state index contributed by atoms with van der Waals surface area (Å²) in [4.78, 5) is 14.3. The number of carbonyl (C=O) groups excluding carboxylic acids is 1. The molecule has 3 rings (SSSR count). The van der Waals surface area contributed by atoms with Crippen molar-refractivity contribution >= 4 is 53.9 Å². The summed E-state index contributed by atoms with van der Waals surface area (Å²) in [5.74, 6) is 0.0235. The Labute approximate surface area is 165 Å². The Kier molecular flexibility index (Phi) is 8.11. The maximum absolute atomic E-state index is 12.0. The number of amides is 1. The molecule has 0 spiro atoms. The van der Waals surface area contributed by atoms with Gasteiger partial charge in [0.1, 0.15) is 0 Å². The molecule has 1 saturated heterocycles. The van der Waals surface area contributed by atoms with Gasteiger partial charge in [0.2, 0.25) is 5.91 Å². The third-order valence-corrected chi connectivity index (χ3v) is 5.29. The molecule has 136 valence electrons. The summed E-state index contributed by atoms with van der Waals surface area (Å²) in [5.41, 5.74) is 6.51. The van der Waals surface area contributed by atoms with E-state index < -0.39 is 5.54 Å². The highest BCUT2D eigenvalue weighted by molar-refractivity contribution is 6.42. The molecule has 1 aliphatic carbocycles. The van der Waals surface area contributed by atoms with Crippen molar-refractivity contribution in [2.24, 2.45) is 5.73 Å². The van der Waals surface area contributed by atoms with E-state index in [9.17, 15) is 4.79 Å². The molecule has 8 heteroatoms. The van der Waals surface area contributed by atoms with Gasteiger partial charge in [0, 0.05) is 25.7 Å². The molecule has 0 atom stereocenters. The number of nitrogens with one attached hydrogen (secondary N) is 1. The largest absolute Gasteiger partial charge is 0.352 e. The molecule has 0 radical (unpaired) electrons. The highest BCUT2D eigenvalue weighted by Gasteiger charge is 2.46. The van der Waals surface area contributed by atoms with E-state index in [1.165, 1.54) is 0 Å². The van der Waals surface area contributed by atoms with Gasteiger partial charge in [0.15, 0.2) is 0 Å². The highest BCUT2D eigenvalue weighted by atomic mass is 35.5. The van der Waals surface area contributed by atoms with Crippen LogP contribution < -0.4 is 11.1 Å². The van der Waals surface area contributed by atoms with Crippen molar-refractivity contribution in [2.45, 2.75) is 43.8 Å². The van der Waals surface area contributed by atoms with Gasteiger partial charge in [0.05, 0.1) is 15.6 Å². The summed E-state index contributed by atoms with van der Waals surface area (Å²) < 4.78 is 0. The molecular formula is C16H23Cl4N3O. The molecule has 4 nitrogen and oxygen atoms in total. The maximum Gasteiger partial charge on any atom is 0.240 e. The van der Waals surface area contributed by atoms with Gasteiger partial charge in [-0.2, -0.15) is 0 Å². The molecule has 1 heterocycles. The Morgan fingerprint density at radius 1 is 1.21 bits per heavy atom. The third kappa shape index (κ3) is 5.38. The van der Waals surface area contributed by atoms with Gasteiger partial charge in [-0.25, -0.2) is 0 Å². The summed E-state index contributed by atoms with van der Waals surface area (Å²) in [6.07, 6.45) is 3.55. The van der Waals surface area contributed by atoms with Crippen LogP contribution in [-0.4, -0.2) is 35.5 Å². The first-order valence-electron chi connectivity index (χ1n) is 7.72. The van der Waals surface area contributed by atoms with Crippen LogP contribution >= 0.6 is 48.0 Å². The summed E-state index contributed by atoms with van der Waals surface area (Å²) >= 11 is 12.0. The van der Waals surface area contributed by atoms with Crippen LogP contribution in [0.2, 0.25) is 10.0 Å². The lowest BCUT2D eigenvalue weighted by molar-refractivity contribution is -0.124. The number of rotatable bonds is 4. The first-order valence-corrected chi connectivity index (χ1v) is 8.48. The van der Waals surface area contributed by atoms with E-state index in [2.05, 4.69) is 10.2 Å². The van der Waals surface area contributed by atoms with E-state index in [0.29, 0.717) is 10.0 Å². The molecule has 3 N–H and O–H groups in total. The quantitative estimate of drug-likeness (QED) is 0.793. The van der Waals surface area contributed by atoms with Gasteiger partial charge in [-0.05, 0) is 43.4 Å². The number of likely N-dealkylation sites (tertiary alicyclic amines) is 1. The molecule has 0 unspecified atom stereocenters. The van der Waals surface area contributed by atoms with Gasteiger partial charge in [-0.3, -0.25) is 9.69 Å². The van der Waals surface area contributed by atoms with Crippen LogP contribution in [-0.2, 0) is 11.3 Å². The second-order valence-electron chi connectivity index (χ2n) is 6.43. The Morgan fingerprint density at radius 2 is 1.83 bits per heavy atom. The summed E-state index contributed by atoms with van der Waals surface area (Å²) in [6.45, 7) is 2.78. The van der Waals surface area contributed by atoms with Crippen LogP contribution in [0.5, 0.6) is 0 Å². The molecule has 1 aromatic rings. The monoisotopic (exact) mass is 413 g/mol. The van der Waals surface area contributed by atoms with E-state index in [0.717, 1.165) is 50.9 Å². The van der Waals surface area contributed by atoms with Crippen molar-refractivity contribution < 1.29 is 4.79 Å². The van der Waals surface area contributed by atoms with E-state index in [1.807, 2.05) is 18.2 Å². The van der Waals surface area contributed by atoms with Gasteiger partial charge in [-0.15, -0.1) is 24.8 Å². The average molecular weight is 415 g/mol. The minimum absolute atomic E-state index is 0. The fraction of sp³-hybridized carbons (Fsp3) is 0.562. The molecule has 1 amide bonds. The smallest absolute Gasteiger partial charge is 0.240 e. The number of nitrogens with two attached hydrogens (primary N) is 1. The van der Waals surface area contributed by atoms with Crippen LogP contribution in [0.1, 0.15) is 31.2 Å². The lowest BCUT2D eigenvalue weighted by atomic mass is 10.0. The van der Waals surface area contributed by atoms with E-state index in [4.69, 9.17) is 28.9 Å². The van der Waals surface area contributed by atoms with Crippen LogP contribution in [0.4, 0.5) is 0 Å². The fourth-order valence-corrected chi connectivity index (χ4v) is 3.14. The summed E-state index contributed by atoms with van der Waals surface area (Å²) in [5, 5.41) is 4.28. The van der Waals surface area contributed by atoms with Gasteiger partial charge in [0.25, 0.3) is 0 Å². The Balaban J connectivity index is 0.00000144. The molecule has 24 heavy (non-hydrogen) atoms. The van der Waals surface area contributed by atoms with Gasteiger partial charge < -0.3 is 11.1 Å². The first kappa shape index (κ1) is 21.8. The van der Waals surface area contributed by atoms with E-state index in [-0.39, 0.29) is 36.8 Å². The molecule has 1 aliphatic heterocycles. The molecule has 1 saturated carbocycles. The average Bonchev–Trinajstić information content (AvgIpc) is 3.24. The summed E-state index contributed by atoms with van der Waals surface area (Å²) in [7, 11) is 0. The Morgan fingerprint density at radius 3 is 2.38 bits per heavy atom. The number of hydrogen-bond acceptors (Lipinski definition) is 3. The standard InChI is InChI=1S/C16H21Cl2N3O.2ClH/c17-13-2-1-11(9-14(13)18)10-21-7-3-12(4-8-21)20-15(22)16(19)5-6-16;;/h1-2,9,12H,3-8,10,19H2,(H,20,22);2*1H. The summed E-state index contributed by atoms with van der Waals surface area (Å²) in [6, 6.07) is 6.01. The van der Waals surface area contributed by atoms with Crippen molar-refractivity contribution in [2.75, 3.05) is 13.1 Å². The number of benzene rings is 1. The minimum Gasteiger partial charge on any atom is -0.352 e. The Hall–Kier alpha value is -0.230. The number of halogens is 4. The number of hydrogen-bond donors (Lipinski definition) is 2. The van der Waals surface area contributed by atoms with Crippen molar-refractivity contribution in [3.63, 3.8) is 0 Å². The third-order valence-electron chi connectivity index (χ3n) is 4.55. The van der Waals surface area contributed by atoms with Crippen molar-refractivity contribution in [1.29, 1.82) is 0 Å². The molecular weight excluding hydrogens is 392 g/mol. The Bertz CT molecular complexity index is 572. The number of piperidine rings is 1. The SMILES string of the molecule is Cl.Cl.NC1(C(=O)NC2CCN(Cc3ccc(Cl)c(Cl)c3)CC2)CC1. The molecule has 0 aromatic heterocycles. The van der Waals surface area contributed by atoms with Crippen LogP contribution in [0.15, 0.2) is 18.2 Å². The molecule has 0 bridgehead atoms. The zero-order valence-electron chi connectivity index (χ0n) is 13.3. The van der Waals surface area contributed by atoms with Gasteiger partial charge >= 0.3 is 0 Å². The van der Waals surface area contributed by atoms with Crippen molar-refractivity contribution in [3.05, 3.63) is 33.8 Å². The minimum atomic E-state index is -0.572. The van der Waals surface area contributed by atoms with Crippen LogP contribution in [0.3, 0.4) is 0 Å². The van der Waals surface area contributed by atoms with E-state index >= 15 is 0 Å². The van der Waals surface area contributed by atoms with E-state index in [1.54, 1.807) is 0 Å². The predicted molar refractivity (Wildman–Crippen MR) is 104 cm³/mol. The zero-order valence-corrected chi connectivity index (χ0v) is 16.4. The fourth-order valence-electron chi connectivity index (χ4n) is 2.82. The second-order valence-corrected chi connectivity index (χ2v) is 7.24. The lowest BCUT2D eigenvalue weighted by Gasteiger charge is -2.33. The molecule has 2 aliphatic rings. The topological polar surface area (TPSA) is 58.4 Å². The zero-order chi connectivity index (χ0) is 15.7. The second kappa shape index (κ2) is 8.93. The van der Waals surface area contributed by atoms with Crippen molar-refractivity contribution in [3.8, 4) is 0 Å². The van der Waals surface area contributed by atoms with Crippen LogP contribution in [0, 0.1) is 0 Å². The number of nitrogens with zero attached hydrogens (tertiary/aromatic N) is 1. The lowest BCUT2D eigenvalue weighted by Crippen LogP contribution is -2.50. The van der Waals surface area contributed by atoms with Gasteiger partial charge in [-0.1, -0.05) is 29.3 Å². The van der Waals surface area contributed by atoms with Crippen molar-refractivity contribution in [1.82, 2.24) is 10.2 Å². The first-order chi connectivity index (χ1) is 10.5. The molecule has 2 fully saturated rings. The predicted octanol–water partition coefficient (Wildman–Crippen LogP) is 3.41. The number of carbonyl (C=O) groups is 1. The highest BCUT2D eigenvalue weighted by Crippen LogP contribution is 2.32. The maximum atomic E-state index is 12.0. The van der Waals surface area contributed by atoms with Crippen LogP contribution in [0.25, 0.3) is 0 Å². The molecule has 1 aromatic carbocycles.